The predicted molar refractivity (Wildman–Crippen MR) is 77.6 cm³/mol. The molecule has 2 aromatic rings. The molecule has 104 valence electrons. The minimum absolute atomic E-state index is 0.0438. The van der Waals surface area contributed by atoms with Crippen LogP contribution in [0.4, 0.5) is 0 Å². The van der Waals surface area contributed by atoms with Gasteiger partial charge in [-0.15, -0.1) is 11.3 Å². The van der Waals surface area contributed by atoms with Crippen molar-refractivity contribution < 1.29 is 4.79 Å². The first kappa shape index (κ1) is 14.0. The monoisotopic (exact) mass is 280 g/mol. The van der Waals surface area contributed by atoms with Crippen LogP contribution in [0.1, 0.15) is 30.4 Å². The number of amides is 1. The Hall–Kier alpha value is -1.40. The number of aryl methyl sites for hydroxylation is 2. The summed E-state index contributed by atoms with van der Waals surface area (Å²) in [5, 5.41) is 8.12. The number of imidazole rings is 1. The molecule has 2 aromatic heterocycles. The van der Waals surface area contributed by atoms with Crippen molar-refractivity contribution >= 4 is 22.2 Å². The zero-order chi connectivity index (χ0) is 13.8. The molecule has 0 aliphatic heterocycles. The molecule has 0 saturated heterocycles. The van der Waals surface area contributed by atoms with E-state index in [9.17, 15) is 4.79 Å². The minimum Gasteiger partial charge on any atom is -0.355 e. The Morgan fingerprint density at radius 3 is 3.00 bits per heavy atom. The number of rotatable bonds is 6. The molecule has 0 aliphatic carbocycles. The van der Waals surface area contributed by atoms with Crippen molar-refractivity contribution in [3.05, 3.63) is 22.5 Å². The third-order valence-corrected chi connectivity index (χ3v) is 3.92. The average molecular weight is 280 g/mol. The third-order valence-electron chi connectivity index (χ3n) is 2.98. The number of thiazole rings is 1. The van der Waals surface area contributed by atoms with Crippen LogP contribution < -0.4 is 10.6 Å². The Morgan fingerprint density at radius 2 is 2.26 bits per heavy atom. The topological polar surface area (TPSA) is 58.4 Å². The van der Waals surface area contributed by atoms with Crippen molar-refractivity contribution in [2.45, 2.75) is 33.7 Å². The largest absolute Gasteiger partial charge is 0.355 e. The Kier molecular flexibility index (Phi) is 4.55. The summed E-state index contributed by atoms with van der Waals surface area (Å²) in [7, 11) is 0. The molecule has 0 atom stereocenters. The van der Waals surface area contributed by atoms with Crippen LogP contribution in [0, 0.1) is 13.8 Å². The summed E-state index contributed by atoms with van der Waals surface area (Å²) in [5.74, 6) is 0.0438. The van der Waals surface area contributed by atoms with Gasteiger partial charge < -0.3 is 10.6 Å². The minimum atomic E-state index is 0.0438. The highest BCUT2D eigenvalue weighted by Crippen LogP contribution is 2.20. The fourth-order valence-electron chi connectivity index (χ4n) is 2.00. The summed E-state index contributed by atoms with van der Waals surface area (Å²) in [6.07, 6.45) is 0.961. The molecule has 0 bridgehead atoms. The zero-order valence-corrected chi connectivity index (χ0v) is 12.4. The van der Waals surface area contributed by atoms with Gasteiger partial charge in [0.25, 0.3) is 0 Å². The van der Waals surface area contributed by atoms with E-state index < -0.39 is 0 Å². The van der Waals surface area contributed by atoms with E-state index in [-0.39, 0.29) is 5.91 Å². The van der Waals surface area contributed by atoms with Gasteiger partial charge in [0.1, 0.15) is 0 Å². The molecule has 0 unspecified atom stereocenters. The van der Waals surface area contributed by atoms with E-state index in [1.165, 1.54) is 5.69 Å². The van der Waals surface area contributed by atoms with Crippen LogP contribution in [0.3, 0.4) is 0 Å². The molecular formula is C13H20N4OS. The highest BCUT2D eigenvalue weighted by Gasteiger charge is 2.12. The maximum atomic E-state index is 11.5. The Bertz CT molecular complexity index is 572. The lowest BCUT2D eigenvalue weighted by Crippen LogP contribution is -2.34. The standard InChI is InChI=1S/C13H20N4OS/c1-4-5-15-12(18)7-14-6-11-10(3)16-13-17(11)9(2)8-19-13/h8,14H,4-7H2,1-3H3,(H,15,18). The van der Waals surface area contributed by atoms with Crippen molar-refractivity contribution in [2.24, 2.45) is 0 Å². The lowest BCUT2D eigenvalue weighted by atomic mass is 10.3. The molecule has 0 aliphatic rings. The maximum absolute atomic E-state index is 11.5. The van der Waals surface area contributed by atoms with Gasteiger partial charge in [-0.2, -0.15) is 0 Å². The van der Waals surface area contributed by atoms with Crippen LogP contribution in [0.5, 0.6) is 0 Å². The zero-order valence-electron chi connectivity index (χ0n) is 11.6. The molecule has 0 radical (unpaired) electrons. The number of carbonyl (C=O) groups excluding carboxylic acids is 1. The highest BCUT2D eigenvalue weighted by atomic mass is 32.1. The third kappa shape index (κ3) is 3.13. The number of aromatic nitrogens is 2. The fourth-order valence-corrected chi connectivity index (χ4v) is 2.93. The van der Waals surface area contributed by atoms with Gasteiger partial charge in [-0.05, 0) is 20.3 Å². The molecule has 19 heavy (non-hydrogen) atoms. The van der Waals surface area contributed by atoms with E-state index in [1.807, 2.05) is 13.8 Å². The fraction of sp³-hybridized carbons (Fsp3) is 0.538. The molecule has 0 aromatic carbocycles. The van der Waals surface area contributed by atoms with Gasteiger partial charge in [-0.3, -0.25) is 9.20 Å². The van der Waals surface area contributed by atoms with Crippen molar-refractivity contribution in [3.63, 3.8) is 0 Å². The maximum Gasteiger partial charge on any atom is 0.233 e. The van der Waals surface area contributed by atoms with Gasteiger partial charge in [0, 0.05) is 24.2 Å². The summed E-state index contributed by atoms with van der Waals surface area (Å²) >= 11 is 1.64. The second-order valence-corrected chi connectivity index (χ2v) is 5.43. The van der Waals surface area contributed by atoms with E-state index in [2.05, 4.69) is 32.3 Å². The van der Waals surface area contributed by atoms with Crippen LogP contribution in [0.25, 0.3) is 4.96 Å². The first-order chi connectivity index (χ1) is 9.13. The second kappa shape index (κ2) is 6.16. The normalized spacial score (nSPS) is 11.1. The molecule has 1 amide bonds. The number of fused-ring (bicyclic) bond motifs is 1. The Morgan fingerprint density at radius 1 is 1.47 bits per heavy atom. The molecule has 0 spiro atoms. The summed E-state index contributed by atoms with van der Waals surface area (Å²) in [6, 6.07) is 0. The molecule has 2 rings (SSSR count). The van der Waals surface area contributed by atoms with Gasteiger partial charge in [0.15, 0.2) is 4.96 Å². The van der Waals surface area contributed by atoms with Crippen molar-refractivity contribution in [1.82, 2.24) is 20.0 Å². The summed E-state index contributed by atoms with van der Waals surface area (Å²) in [6.45, 7) is 7.86. The predicted octanol–water partition coefficient (Wildman–Crippen LogP) is 1.63. The summed E-state index contributed by atoms with van der Waals surface area (Å²) in [5.41, 5.74) is 3.35. The van der Waals surface area contributed by atoms with E-state index in [1.54, 1.807) is 11.3 Å². The van der Waals surface area contributed by atoms with Gasteiger partial charge in [0.2, 0.25) is 5.91 Å². The first-order valence-electron chi connectivity index (χ1n) is 6.53. The number of carbonyl (C=O) groups is 1. The SMILES string of the molecule is CCCNC(=O)CNCc1c(C)nc2scc(C)n12. The van der Waals surface area contributed by atoms with Crippen LogP contribution in [0.15, 0.2) is 5.38 Å². The highest BCUT2D eigenvalue weighted by molar-refractivity contribution is 7.15. The molecule has 6 heteroatoms. The lowest BCUT2D eigenvalue weighted by molar-refractivity contribution is -0.120. The number of hydrogen-bond donors (Lipinski definition) is 2. The van der Waals surface area contributed by atoms with Gasteiger partial charge in [-0.25, -0.2) is 4.98 Å². The number of hydrogen-bond acceptors (Lipinski definition) is 4. The van der Waals surface area contributed by atoms with Gasteiger partial charge >= 0.3 is 0 Å². The summed E-state index contributed by atoms with van der Waals surface area (Å²) in [4.78, 5) is 17.0. The smallest absolute Gasteiger partial charge is 0.233 e. The molecule has 5 nitrogen and oxygen atoms in total. The van der Waals surface area contributed by atoms with E-state index >= 15 is 0 Å². The van der Waals surface area contributed by atoms with Crippen molar-refractivity contribution in [3.8, 4) is 0 Å². The lowest BCUT2D eigenvalue weighted by Gasteiger charge is -2.06. The molecule has 0 fully saturated rings. The summed E-state index contributed by atoms with van der Waals surface area (Å²) < 4.78 is 2.15. The van der Waals surface area contributed by atoms with Gasteiger partial charge in [-0.1, -0.05) is 6.92 Å². The Labute approximate surface area is 117 Å². The number of nitrogens with zero attached hydrogens (tertiary/aromatic N) is 2. The van der Waals surface area contributed by atoms with Crippen LogP contribution >= 0.6 is 11.3 Å². The van der Waals surface area contributed by atoms with E-state index in [0.29, 0.717) is 13.1 Å². The van der Waals surface area contributed by atoms with E-state index in [0.717, 1.165) is 29.3 Å². The quantitative estimate of drug-likeness (QED) is 0.845. The van der Waals surface area contributed by atoms with E-state index in [4.69, 9.17) is 0 Å². The first-order valence-corrected chi connectivity index (χ1v) is 7.41. The molecular weight excluding hydrogens is 260 g/mol. The van der Waals surface area contributed by atoms with Crippen LogP contribution in [-0.4, -0.2) is 28.4 Å². The Balaban J connectivity index is 1.96. The molecule has 0 saturated carbocycles. The molecule has 2 N–H and O–H groups in total. The average Bonchev–Trinajstić information content (AvgIpc) is 2.88. The second-order valence-electron chi connectivity index (χ2n) is 4.59. The number of nitrogens with one attached hydrogen (secondary N) is 2. The van der Waals surface area contributed by atoms with Crippen molar-refractivity contribution in [1.29, 1.82) is 0 Å². The van der Waals surface area contributed by atoms with Gasteiger partial charge in [0.05, 0.1) is 17.9 Å². The van der Waals surface area contributed by atoms with Crippen molar-refractivity contribution in [2.75, 3.05) is 13.1 Å². The van der Waals surface area contributed by atoms with Crippen LogP contribution in [0.2, 0.25) is 0 Å². The van der Waals surface area contributed by atoms with Crippen LogP contribution in [-0.2, 0) is 11.3 Å². The molecule has 2 heterocycles.